The predicted octanol–water partition coefficient (Wildman–Crippen LogP) is 8.36. The van der Waals surface area contributed by atoms with Gasteiger partial charge in [0.15, 0.2) is 7.37 Å². The molecule has 14 heteroatoms. The fourth-order valence-corrected chi connectivity index (χ4v) is 8.40. The van der Waals surface area contributed by atoms with E-state index in [0.29, 0.717) is 0 Å². The van der Waals surface area contributed by atoms with Crippen LogP contribution in [-0.2, 0) is 4.57 Å². The molecule has 32 heavy (non-hydrogen) atoms. The van der Waals surface area contributed by atoms with Gasteiger partial charge in [0, 0.05) is 7.26 Å². The van der Waals surface area contributed by atoms with Crippen molar-refractivity contribution in [2.24, 2.45) is 0 Å². The Balaban J connectivity index is 0. The van der Waals surface area contributed by atoms with Gasteiger partial charge in [0.2, 0.25) is 0 Å². The minimum Gasteiger partial charge on any atom is -0.790 e. The van der Waals surface area contributed by atoms with Crippen LogP contribution in [0.15, 0.2) is 0 Å². The van der Waals surface area contributed by atoms with Crippen molar-refractivity contribution in [3.05, 3.63) is 0 Å². The van der Waals surface area contributed by atoms with Gasteiger partial charge in [0.25, 0.3) is 0 Å². The molecule has 0 rings (SSSR count). The summed E-state index contributed by atoms with van der Waals surface area (Å²) in [5, 5.41) is 0. The molecule has 0 aliphatic rings. The summed E-state index contributed by atoms with van der Waals surface area (Å²) in [4.78, 5) is 10.1. The van der Waals surface area contributed by atoms with E-state index in [1.54, 1.807) is 18.5 Å². The van der Waals surface area contributed by atoms with E-state index in [-0.39, 0.29) is 0 Å². The van der Waals surface area contributed by atoms with Gasteiger partial charge in [-0.15, -0.1) is 0 Å². The lowest BCUT2D eigenvalue weighted by Gasteiger charge is -2.38. The minimum atomic E-state index is -8.51. The monoisotopic (exact) mass is 532 g/mol. The van der Waals surface area contributed by atoms with E-state index < -0.39 is 38.3 Å². The van der Waals surface area contributed by atoms with Crippen molar-refractivity contribution < 1.29 is 53.4 Å². The maximum absolute atomic E-state index is 12.1. The lowest BCUT2D eigenvalue weighted by atomic mass is 10.4. The van der Waals surface area contributed by atoms with Gasteiger partial charge in [-0.05, 0) is 26.2 Å². The van der Waals surface area contributed by atoms with Crippen molar-refractivity contribution in [1.29, 1.82) is 0 Å². The fourth-order valence-electron chi connectivity index (χ4n) is 2.80. The molecule has 0 unspecified atom stereocenters. The molecule has 0 aromatic heterocycles. The van der Waals surface area contributed by atoms with Crippen LogP contribution in [0.3, 0.4) is 0 Å². The number of hydrogen-bond donors (Lipinski definition) is 0. The molecular formula is C18H32F10O2P2. The van der Waals surface area contributed by atoms with Crippen LogP contribution in [0.1, 0.15) is 66.2 Å². The summed E-state index contributed by atoms with van der Waals surface area (Å²) in [6.45, 7) is 9.46. The number of unbranched alkanes of at least 4 members (excludes halogenated alkanes) is 3. The normalized spacial score (nSPS) is 14.2. The highest BCUT2D eigenvalue weighted by Crippen LogP contribution is 2.72. The Labute approximate surface area is 183 Å². The third kappa shape index (κ3) is 8.61. The van der Waals surface area contributed by atoms with Crippen LogP contribution in [0.4, 0.5) is 43.9 Å². The van der Waals surface area contributed by atoms with Crippen molar-refractivity contribution in [2.75, 3.05) is 24.6 Å². The molecule has 0 heterocycles. The average Bonchev–Trinajstić information content (AvgIpc) is 2.66. The Morgan fingerprint density at radius 2 is 0.875 bits per heavy atom. The fraction of sp³-hybridized carbons (Fsp3) is 1.00. The second-order valence-electron chi connectivity index (χ2n) is 7.52. The first kappa shape index (κ1) is 34.1. The van der Waals surface area contributed by atoms with Crippen LogP contribution in [0.25, 0.3) is 0 Å². The van der Waals surface area contributed by atoms with E-state index in [9.17, 15) is 53.4 Å². The first-order valence-corrected chi connectivity index (χ1v) is 14.5. The van der Waals surface area contributed by atoms with E-state index in [1.165, 1.54) is 44.7 Å². The molecule has 0 radical (unpaired) electrons. The molecule has 0 bridgehead atoms. The highest BCUT2D eigenvalue weighted by atomic mass is 31.2. The summed E-state index contributed by atoms with van der Waals surface area (Å²) in [6, 6.07) is 0. The summed E-state index contributed by atoms with van der Waals surface area (Å²) in [5.74, 6) is 0. The summed E-state index contributed by atoms with van der Waals surface area (Å²) >= 11 is 0. The third-order valence-corrected chi connectivity index (χ3v) is 12.2. The number of alkyl halides is 10. The van der Waals surface area contributed by atoms with Gasteiger partial charge in [0.05, 0.1) is 24.6 Å². The molecule has 196 valence electrons. The quantitative estimate of drug-likeness (QED) is 0.187. The Bertz CT molecular complexity index is 525. The SMILES string of the molecule is CCCC[P+](CC)(CCCC)CCCC.O=P([O-])(C(F)(F)C(F)(F)F)C(F)(F)C(F)(F)F. The molecule has 0 saturated heterocycles. The second-order valence-corrected chi connectivity index (χ2v) is 14.4. The van der Waals surface area contributed by atoms with Crippen LogP contribution >= 0.6 is 14.6 Å². The van der Waals surface area contributed by atoms with Gasteiger partial charge in [-0.25, -0.2) is 0 Å². The van der Waals surface area contributed by atoms with Gasteiger partial charge in [0.1, 0.15) is 0 Å². The van der Waals surface area contributed by atoms with Crippen molar-refractivity contribution in [3.8, 4) is 0 Å². The van der Waals surface area contributed by atoms with Crippen molar-refractivity contribution >= 4 is 14.6 Å². The van der Waals surface area contributed by atoms with Gasteiger partial charge >= 0.3 is 23.7 Å². The Morgan fingerprint density at radius 1 is 0.625 bits per heavy atom. The smallest absolute Gasteiger partial charge is 0.459 e. The molecule has 0 spiro atoms. The summed E-state index contributed by atoms with van der Waals surface area (Å²) in [5.41, 5.74) is -14.4. The molecule has 0 aliphatic heterocycles. The topological polar surface area (TPSA) is 40.1 Å². The zero-order valence-electron chi connectivity index (χ0n) is 18.6. The van der Waals surface area contributed by atoms with E-state index in [0.717, 1.165) is 0 Å². The van der Waals surface area contributed by atoms with Gasteiger partial charge in [-0.1, -0.05) is 40.0 Å². The van der Waals surface area contributed by atoms with Crippen LogP contribution in [0.2, 0.25) is 0 Å². The van der Waals surface area contributed by atoms with E-state index in [1.807, 2.05) is 0 Å². The lowest BCUT2D eigenvalue weighted by Crippen LogP contribution is -2.50. The molecule has 0 fully saturated rings. The van der Waals surface area contributed by atoms with Gasteiger partial charge in [-0.2, -0.15) is 43.9 Å². The van der Waals surface area contributed by atoms with E-state index >= 15 is 0 Å². The number of hydrogen-bond acceptors (Lipinski definition) is 2. The van der Waals surface area contributed by atoms with Crippen LogP contribution in [-0.4, -0.2) is 48.3 Å². The average molecular weight is 532 g/mol. The number of halogens is 10. The molecule has 0 N–H and O–H groups in total. The van der Waals surface area contributed by atoms with Crippen LogP contribution < -0.4 is 4.89 Å². The highest BCUT2D eigenvalue weighted by molar-refractivity contribution is 7.75. The zero-order valence-corrected chi connectivity index (χ0v) is 20.4. The van der Waals surface area contributed by atoms with Crippen LogP contribution in [0, 0.1) is 0 Å². The third-order valence-electron chi connectivity index (χ3n) is 5.05. The molecular weight excluding hydrogens is 500 g/mol. The molecule has 0 saturated carbocycles. The molecule has 0 atom stereocenters. The Hall–Kier alpha value is -0.0800. The molecule has 2 nitrogen and oxygen atoms in total. The van der Waals surface area contributed by atoms with Gasteiger partial charge < -0.3 is 9.46 Å². The van der Waals surface area contributed by atoms with Crippen LogP contribution in [0.5, 0.6) is 0 Å². The zero-order chi connectivity index (χ0) is 26.1. The molecule has 0 aromatic rings. The van der Waals surface area contributed by atoms with Crippen molar-refractivity contribution in [2.45, 2.75) is 89.9 Å². The summed E-state index contributed by atoms with van der Waals surface area (Å²) in [6.07, 6.45) is 0.698. The Morgan fingerprint density at radius 3 is 1.03 bits per heavy atom. The standard InChI is InChI=1S/C14H32P.C4HF10O2P/c1-5-9-12-15(8-4,13-10-6-2)14-11-7-3;5-1(6,7)3(11,12)17(15,16)4(13,14)2(8,9)10/h5-14H2,1-4H3;(H,15,16)/q+1;/p-1. The van der Waals surface area contributed by atoms with E-state index in [2.05, 4.69) is 27.7 Å². The first-order valence-electron chi connectivity index (χ1n) is 10.3. The van der Waals surface area contributed by atoms with Crippen molar-refractivity contribution in [1.82, 2.24) is 0 Å². The lowest BCUT2D eigenvalue weighted by molar-refractivity contribution is -0.312. The second kappa shape index (κ2) is 13.1. The summed E-state index contributed by atoms with van der Waals surface area (Å²) < 4.78 is 127. The predicted molar refractivity (Wildman–Crippen MR) is 106 cm³/mol. The molecule has 0 aromatic carbocycles. The maximum Gasteiger partial charge on any atom is 0.459 e. The first-order chi connectivity index (χ1) is 14.2. The molecule has 0 aliphatic carbocycles. The largest absolute Gasteiger partial charge is 0.790 e. The Kier molecular flexibility index (Phi) is 14.0. The molecule has 0 amide bonds. The summed E-state index contributed by atoms with van der Waals surface area (Å²) in [7, 11) is -9.03. The maximum atomic E-state index is 12.1. The van der Waals surface area contributed by atoms with E-state index in [4.69, 9.17) is 0 Å². The van der Waals surface area contributed by atoms with Gasteiger partial charge in [-0.3, -0.25) is 0 Å². The number of rotatable bonds is 12. The highest BCUT2D eigenvalue weighted by Gasteiger charge is 2.78. The van der Waals surface area contributed by atoms with Crippen molar-refractivity contribution in [3.63, 3.8) is 0 Å². The minimum absolute atomic E-state index is 0.527.